The Bertz CT molecular complexity index is 1370. The standard InChI is InChI=1S/C27H29ClFN7/c1-34-12-14-35(15-13-34)24-17-19(28)16-23-25(26(33-36(23)24)18-6-8-20(29)9-7-18)22-10-11-30-27(32-22)31-21-4-2-3-5-21/h6-11,16-17,21H,2-5,12-15H2,1H3,(H,30,31,32). The number of hydrogen-bond donors (Lipinski definition) is 1. The van der Waals surface area contributed by atoms with Crippen molar-refractivity contribution in [3.8, 4) is 22.5 Å². The molecule has 2 aliphatic rings. The largest absolute Gasteiger partial charge is 0.354 e. The first-order valence-corrected chi connectivity index (χ1v) is 12.9. The SMILES string of the molecule is CN1CCN(c2cc(Cl)cc3c(-c4ccnc(NC5CCCC5)n4)c(-c4ccc(F)cc4)nn23)CC1. The van der Waals surface area contributed by atoms with Gasteiger partial charge in [-0.15, -0.1) is 0 Å². The highest BCUT2D eigenvalue weighted by atomic mass is 35.5. The van der Waals surface area contributed by atoms with Crippen LogP contribution in [0.15, 0.2) is 48.7 Å². The zero-order valence-electron chi connectivity index (χ0n) is 20.3. The van der Waals surface area contributed by atoms with Crippen LogP contribution in [0.4, 0.5) is 16.2 Å². The van der Waals surface area contributed by atoms with E-state index in [0.717, 1.165) is 72.9 Å². The van der Waals surface area contributed by atoms with Crippen LogP contribution >= 0.6 is 11.6 Å². The zero-order valence-corrected chi connectivity index (χ0v) is 21.0. The van der Waals surface area contributed by atoms with Crippen molar-refractivity contribution in [1.82, 2.24) is 24.5 Å². The van der Waals surface area contributed by atoms with E-state index >= 15 is 0 Å². The van der Waals surface area contributed by atoms with E-state index in [1.54, 1.807) is 18.3 Å². The molecule has 0 unspecified atom stereocenters. The average molecular weight is 506 g/mol. The van der Waals surface area contributed by atoms with E-state index in [-0.39, 0.29) is 5.82 Å². The van der Waals surface area contributed by atoms with E-state index < -0.39 is 0 Å². The van der Waals surface area contributed by atoms with Crippen LogP contribution in [0.25, 0.3) is 28.0 Å². The molecule has 0 spiro atoms. The lowest BCUT2D eigenvalue weighted by atomic mass is 10.0. The van der Waals surface area contributed by atoms with Crippen molar-refractivity contribution in [3.63, 3.8) is 0 Å². The first kappa shape index (κ1) is 23.2. The Hall–Kier alpha value is -3.23. The normalized spacial score (nSPS) is 17.2. The topological polar surface area (TPSA) is 61.6 Å². The Balaban J connectivity index is 1.52. The quantitative estimate of drug-likeness (QED) is 0.394. The minimum Gasteiger partial charge on any atom is -0.354 e. The van der Waals surface area contributed by atoms with E-state index in [4.69, 9.17) is 21.7 Å². The third-order valence-electron chi connectivity index (χ3n) is 7.22. The van der Waals surface area contributed by atoms with E-state index in [1.807, 2.05) is 22.7 Å². The van der Waals surface area contributed by atoms with Gasteiger partial charge in [-0.3, -0.25) is 0 Å². The number of halogens is 2. The van der Waals surface area contributed by atoms with Crippen molar-refractivity contribution < 1.29 is 4.39 Å². The van der Waals surface area contributed by atoms with Crippen LogP contribution in [0.5, 0.6) is 0 Å². The van der Waals surface area contributed by atoms with Crippen LogP contribution in [0.3, 0.4) is 0 Å². The van der Waals surface area contributed by atoms with Gasteiger partial charge in [-0.25, -0.2) is 18.9 Å². The summed E-state index contributed by atoms with van der Waals surface area (Å²) in [6.45, 7) is 3.70. The highest BCUT2D eigenvalue weighted by molar-refractivity contribution is 6.31. The fourth-order valence-electron chi connectivity index (χ4n) is 5.24. The van der Waals surface area contributed by atoms with Crippen molar-refractivity contribution in [3.05, 3.63) is 59.5 Å². The number of benzene rings is 1. The van der Waals surface area contributed by atoms with Gasteiger partial charge in [0.05, 0.1) is 16.8 Å². The number of hydrogen-bond acceptors (Lipinski definition) is 6. The molecule has 4 heterocycles. The second-order valence-corrected chi connectivity index (χ2v) is 10.2. The summed E-state index contributed by atoms with van der Waals surface area (Å²) in [6.07, 6.45) is 6.51. The smallest absolute Gasteiger partial charge is 0.223 e. The maximum absolute atomic E-state index is 13.8. The minimum atomic E-state index is -0.282. The molecule has 6 rings (SSSR count). The van der Waals surface area contributed by atoms with Crippen molar-refractivity contribution in [1.29, 1.82) is 0 Å². The Morgan fingerprint density at radius 3 is 2.50 bits per heavy atom. The van der Waals surface area contributed by atoms with Crippen LogP contribution in [0, 0.1) is 5.82 Å². The molecule has 1 saturated carbocycles. The van der Waals surface area contributed by atoms with Gasteiger partial charge in [0.2, 0.25) is 5.95 Å². The minimum absolute atomic E-state index is 0.282. The molecule has 9 heteroatoms. The van der Waals surface area contributed by atoms with Gasteiger partial charge in [-0.05, 0) is 62.4 Å². The number of nitrogens with one attached hydrogen (secondary N) is 1. The highest BCUT2D eigenvalue weighted by Gasteiger charge is 2.24. The second-order valence-electron chi connectivity index (χ2n) is 9.74. The van der Waals surface area contributed by atoms with Crippen LogP contribution in [-0.2, 0) is 0 Å². The van der Waals surface area contributed by atoms with Crippen LogP contribution in [0.1, 0.15) is 25.7 Å². The van der Waals surface area contributed by atoms with Gasteiger partial charge in [0, 0.05) is 49.0 Å². The van der Waals surface area contributed by atoms with Crippen molar-refractivity contribution >= 4 is 28.9 Å². The molecule has 0 amide bonds. The molecular weight excluding hydrogens is 477 g/mol. The van der Waals surface area contributed by atoms with Crippen molar-refractivity contribution in [2.45, 2.75) is 31.7 Å². The molecule has 1 aliphatic heterocycles. The molecule has 3 aromatic heterocycles. The molecule has 1 aromatic carbocycles. The summed E-state index contributed by atoms with van der Waals surface area (Å²) in [4.78, 5) is 14.0. The fourth-order valence-corrected chi connectivity index (χ4v) is 5.44. The molecular formula is C27H29ClFN7. The predicted octanol–water partition coefficient (Wildman–Crippen LogP) is 5.36. The molecule has 2 fully saturated rings. The van der Waals surface area contributed by atoms with Gasteiger partial charge in [0.15, 0.2) is 0 Å². The maximum Gasteiger partial charge on any atom is 0.223 e. The molecule has 186 valence electrons. The molecule has 1 N–H and O–H groups in total. The number of rotatable bonds is 5. The first-order valence-electron chi connectivity index (χ1n) is 12.6. The van der Waals surface area contributed by atoms with Gasteiger partial charge in [-0.1, -0.05) is 24.4 Å². The van der Waals surface area contributed by atoms with Gasteiger partial charge in [-0.2, -0.15) is 5.10 Å². The number of piperazine rings is 1. The van der Waals surface area contributed by atoms with Crippen molar-refractivity contribution in [2.75, 3.05) is 43.4 Å². The Kier molecular flexibility index (Phi) is 6.23. The first-order chi connectivity index (χ1) is 17.5. The van der Waals surface area contributed by atoms with Crippen LogP contribution < -0.4 is 10.2 Å². The number of fused-ring (bicyclic) bond motifs is 1. The lowest BCUT2D eigenvalue weighted by Crippen LogP contribution is -2.45. The zero-order chi connectivity index (χ0) is 24.6. The lowest BCUT2D eigenvalue weighted by Gasteiger charge is -2.34. The summed E-state index contributed by atoms with van der Waals surface area (Å²) in [6, 6.07) is 12.7. The van der Waals surface area contributed by atoms with Crippen LogP contribution in [-0.4, -0.2) is 63.8 Å². The summed E-state index contributed by atoms with van der Waals surface area (Å²) in [5.74, 6) is 1.28. The van der Waals surface area contributed by atoms with Gasteiger partial charge < -0.3 is 15.1 Å². The number of pyridine rings is 1. The Labute approximate surface area is 214 Å². The monoisotopic (exact) mass is 505 g/mol. The molecule has 36 heavy (non-hydrogen) atoms. The number of anilines is 2. The molecule has 0 bridgehead atoms. The van der Waals surface area contributed by atoms with Crippen molar-refractivity contribution in [2.24, 2.45) is 0 Å². The summed E-state index contributed by atoms with van der Waals surface area (Å²) in [7, 11) is 2.13. The predicted molar refractivity (Wildman–Crippen MR) is 142 cm³/mol. The molecule has 7 nitrogen and oxygen atoms in total. The average Bonchev–Trinajstić information content (AvgIpc) is 3.52. The van der Waals surface area contributed by atoms with Gasteiger partial charge >= 0.3 is 0 Å². The molecule has 1 aliphatic carbocycles. The van der Waals surface area contributed by atoms with Gasteiger partial charge in [0.25, 0.3) is 0 Å². The van der Waals surface area contributed by atoms with Gasteiger partial charge in [0.1, 0.15) is 17.3 Å². The fraction of sp³-hybridized carbons (Fsp3) is 0.370. The number of likely N-dealkylation sites (N-methyl/N-ethyl adjacent to an activating group) is 1. The van der Waals surface area contributed by atoms with Crippen LogP contribution in [0.2, 0.25) is 5.02 Å². The van der Waals surface area contributed by atoms with E-state index in [2.05, 4.69) is 27.1 Å². The van der Waals surface area contributed by atoms with E-state index in [0.29, 0.717) is 17.0 Å². The molecule has 0 atom stereocenters. The third kappa shape index (κ3) is 4.51. The number of aromatic nitrogens is 4. The maximum atomic E-state index is 13.8. The Morgan fingerprint density at radius 2 is 1.75 bits per heavy atom. The second kappa shape index (κ2) is 9.67. The van der Waals surface area contributed by atoms with E-state index in [9.17, 15) is 4.39 Å². The molecule has 1 saturated heterocycles. The van der Waals surface area contributed by atoms with E-state index in [1.165, 1.54) is 25.0 Å². The molecule has 4 aromatic rings. The number of nitrogens with zero attached hydrogens (tertiary/aromatic N) is 6. The highest BCUT2D eigenvalue weighted by Crippen LogP contribution is 2.38. The third-order valence-corrected chi connectivity index (χ3v) is 7.44. The molecule has 0 radical (unpaired) electrons. The summed E-state index contributed by atoms with van der Waals surface area (Å²) in [5.41, 5.74) is 4.03. The lowest BCUT2D eigenvalue weighted by molar-refractivity contribution is 0.311. The summed E-state index contributed by atoms with van der Waals surface area (Å²) < 4.78 is 15.7. The summed E-state index contributed by atoms with van der Waals surface area (Å²) >= 11 is 6.68. The summed E-state index contributed by atoms with van der Waals surface area (Å²) in [5, 5.41) is 9.20. The Morgan fingerprint density at radius 1 is 1.00 bits per heavy atom.